The van der Waals surface area contributed by atoms with Crippen molar-refractivity contribution < 1.29 is 9.34 Å². The molecule has 7 nitrogen and oxygen atoms in total. The van der Waals surface area contributed by atoms with E-state index in [9.17, 15) is 10.1 Å². The van der Waals surface area contributed by atoms with Gasteiger partial charge in [0, 0.05) is 22.4 Å². The molecule has 0 bridgehead atoms. The molecule has 33 heavy (non-hydrogen) atoms. The lowest BCUT2D eigenvalue weighted by atomic mass is 10.0. The van der Waals surface area contributed by atoms with Crippen LogP contribution in [0.15, 0.2) is 93.9 Å². The first-order valence-corrected chi connectivity index (χ1v) is 11.3. The van der Waals surface area contributed by atoms with E-state index in [0.717, 1.165) is 15.9 Å². The van der Waals surface area contributed by atoms with Crippen LogP contribution in [-0.2, 0) is 0 Å². The molecule has 0 spiro atoms. The third-order valence-corrected chi connectivity index (χ3v) is 6.33. The fourth-order valence-electron chi connectivity index (χ4n) is 4.02. The molecular weight excluding hydrogens is 504 g/mol. The number of furan rings is 1. The quantitative estimate of drug-likeness (QED) is 0.191. The molecule has 0 amide bonds. The number of benzene rings is 2. The molecule has 0 aliphatic carbocycles. The number of nitro benzene ring substituents is 1. The van der Waals surface area contributed by atoms with Gasteiger partial charge in [0.2, 0.25) is 0 Å². The van der Waals surface area contributed by atoms with Crippen LogP contribution in [0.25, 0.3) is 11.3 Å². The van der Waals surface area contributed by atoms with Crippen molar-refractivity contribution in [1.29, 1.82) is 0 Å². The summed E-state index contributed by atoms with van der Waals surface area (Å²) in [7, 11) is 0. The Hall–Kier alpha value is -3.56. The normalized spacial score (nSPS) is 17.7. The largest absolute Gasteiger partial charge is 0.459 e. The second kappa shape index (κ2) is 8.76. The number of para-hydroxylation sites is 1. The van der Waals surface area contributed by atoms with Gasteiger partial charge in [-0.1, -0.05) is 34.1 Å². The summed E-state index contributed by atoms with van der Waals surface area (Å²) in [4.78, 5) is 17.6. The van der Waals surface area contributed by atoms with Crippen LogP contribution >= 0.6 is 28.1 Å². The molecule has 2 atom stereocenters. The van der Waals surface area contributed by atoms with E-state index in [1.54, 1.807) is 30.5 Å². The number of hydrogen-bond donors (Lipinski definition) is 1. The van der Waals surface area contributed by atoms with Crippen LogP contribution in [0.1, 0.15) is 23.5 Å². The van der Waals surface area contributed by atoms with Gasteiger partial charge in [0.05, 0.1) is 22.2 Å². The van der Waals surface area contributed by atoms with E-state index in [0.29, 0.717) is 22.2 Å². The lowest BCUT2D eigenvalue weighted by molar-refractivity contribution is -0.384. The van der Waals surface area contributed by atoms with E-state index in [2.05, 4.69) is 26.2 Å². The zero-order chi connectivity index (χ0) is 22.9. The van der Waals surface area contributed by atoms with Crippen molar-refractivity contribution in [2.24, 2.45) is 0 Å². The van der Waals surface area contributed by atoms with Gasteiger partial charge in [-0.25, -0.2) is 0 Å². The number of halogens is 1. The molecule has 0 saturated carbocycles. The second-order valence-electron chi connectivity index (χ2n) is 7.45. The lowest BCUT2D eigenvalue weighted by Gasteiger charge is -2.26. The maximum Gasteiger partial charge on any atom is 0.280 e. The smallest absolute Gasteiger partial charge is 0.280 e. The Balaban J connectivity index is 1.61. The van der Waals surface area contributed by atoms with Crippen molar-refractivity contribution >= 4 is 44.6 Å². The highest BCUT2D eigenvalue weighted by molar-refractivity contribution is 9.10. The molecule has 9 heteroatoms. The van der Waals surface area contributed by atoms with Gasteiger partial charge in [-0.2, -0.15) is 0 Å². The maximum absolute atomic E-state index is 11.5. The van der Waals surface area contributed by atoms with E-state index in [-0.39, 0.29) is 17.8 Å². The highest BCUT2D eigenvalue weighted by Gasteiger charge is 2.42. The zero-order valence-electron chi connectivity index (χ0n) is 17.1. The predicted octanol–water partition coefficient (Wildman–Crippen LogP) is 6.19. The predicted molar refractivity (Wildman–Crippen MR) is 133 cm³/mol. The van der Waals surface area contributed by atoms with Crippen molar-refractivity contribution in [3.05, 3.63) is 111 Å². The first kappa shape index (κ1) is 21.3. The highest BCUT2D eigenvalue weighted by Crippen LogP contribution is 2.43. The monoisotopic (exact) mass is 520 g/mol. The molecule has 164 valence electrons. The summed E-state index contributed by atoms with van der Waals surface area (Å²) in [5, 5.41) is 15.4. The minimum Gasteiger partial charge on any atom is -0.459 e. The summed E-state index contributed by atoms with van der Waals surface area (Å²) >= 11 is 9.18. The van der Waals surface area contributed by atoms with Crippen molar-refractivity contribution in [3.8, 4) is 11.3 Å². The van der Waals surface area contributed by atoms with Gasteiger partial charge in [0.1, 0.15) is 17.6 Å². The molecular formula is C24H17BrN4O3S. The number of thiocarbonyl (C=S) groups is 1. The molecule has 2 aromatic heterocycles. The molecule has 2 aromatic carbocycles. The molecule has 0 unspecified atom stereocenters. The number of nitrogens with one attached hydrogen (secondary N) is 1. The van der Waals surface area contributed by atoms with Crippen LogP contribution in [0.3, 0.4) is 0 Å². The molecule has 1 saturated heterocycles. The third-order valence-electron chi connectivity index (χ3n) is 5.49. The van der Waals surface area contributed by atoms with Crippen molar-refractivity contribution in [2.75, 3.05) is 4.90 Å². The van der Waals surface area contributed by atoms with Crippen molar-refractivity contribution in [1.82, 2.24) is 10.3 Å². The van der Waals surface area contributed by atoms with E-state index < -0.39 is 4.92 Å². The van der Waals surface area contributed by atoms with Gasteiger partial charge < -0.3 is 14.6 Å². The van der Waals surface area contributed by atoms with Gasteiger partial charge >= 0.3 is 0 Å². The minimum absolute atomic E-state index is 0.00971. The van der Waals surface area contributed by atoms with Crippen LogP contribution in [0, 0.1) is 10.1 Å². The Morgan fingerprint density at radius 2 is 1.79 bits per heavy atom. The molecule has 3 heterocycles. The summed E-state index contributed by atoms with van der Waals surface area (Å²) in [5.74, 6) is 1.04. The first-order chi connectivity index (χ1) is 16.0. The zero-order valence-corrected chi connectivity index (χ0v) is 19.5. The second-order valence-corrected chi connectivity index (χ2v) is 8.75. The van der Waals surface area contributed by atoms with E-state index in [1.807, 2.05) is 53.4 Å². The topological polar surface area (TPSA) is 84.4 Å². The summed E-state index contributed by atoms with van der Waals surface area (Å²) in [5.41, 5.74) is 2.12. The maximum atomic E-state index is 11.5. The van der Waals surface area contributed by atoms with Crippen LogP contribution in [-0.4, -0.2) is 15.0 Å². The van der Waals surface area contributed by atoms with E-state index in [4.69, 9.17) is 16.6 Å². The van der Waals surface area contributed by atoms with Gasteiger partial charge in [-0.05, 0) is 66.8 Å². The summed E-state index contributed by atoms with van der Waals surface area (Å²) in [6.45, 7) is 0. The molecule has 1 fully saturated rings. The molecule has 5 rings (SSSR count). The van der Waals surface area contributed by atoms with Crippen LogP contribution in [0.4, 0.5) is 11.4 Å². The van der Waals surface area contributed by atoms with E-state index >= 15 is 0 Å². The summed E-state index contributed by atoms with van der Waals surface area (Å²) in [6, 6.07) is 23.1. The molecule has 1 aliphatic heterocycles. The third kappa shape index (κ3) is 4.01. The lowest BCUT2D eigenvalue weighted by Crippen LogP contribution is -2.29. The SMILES string of the molecule is O=[N+]([O-])c1ccccc1-c1ccc([C@H]2[C@@H](c3ccccn3)NC(=S)N2c2ccc(Br)cc2)o1. The number of nitro groups is 1. The van der Waals surface area contributed by atoms with E-state index in [1.165, 1.54) is 6.07 Å². The Kier molecular flexibility index (Phi) is 5.65. The average Bonchev–Trinajstić information content (AvgIpc) is 3.45. The fourth-order valence-corrected chi connectivity index (χ4v) is 4.63. The Morgan fingerprint density at radius 3 is 2.52 bits per heavy atom. The Bertz CT molecular complexity index is 1330. The molecule has 1 N–H and O–H groups in total. The number of anilines is 1. The first-order valence-electron chi connectivity index (χ1n) is 10.1. The number of pyridine rings is 1. The van der Waals surface area contributed by atoms with Gasteiger partial charge in [-0.3, -0.25) is 15.1 Å². The number of aromatic nitrogens is 1. The molecule has 4 aromatic rings. The van der Waals surface area contributed by atoms with Gasteiger partial charge in [0.15, 0.2) is 5.11 Å². The fraction of sp³-hybridized carbons (Fsp3) is 0.0833. The van der Waals surface area contributed by atoms with Crippen molar-refractivity contribution in [2.45, 2.75) is 12.1 Å². The number of hydrogen-bond acceptors (Lipinski definition) is 5. The van der Waals surface area contributed by atoms with Gasteiger partial charge in [-0.15, -0.1) is 0 Å². The Morgan fingerprint density at radius 1 is 1.03 bits per heavy atom. The molecule has 0 radical (unpaired) electrons. The standard InChI is InChI=1S/C24H17BrN4O3S/c25-15-8-10-16(11-9-15)28-23(22(27-24(28)33)18-6-3-4-14-26-18)21-13-12-20(32-21)17-5-1-2-7-19(17)29(30)31/h1-14,22-23H,(H,27,33)/t22-,23+/m1/s1. The minimum atomic E-state index is -0.408. The summed E-state index contributed by atoms with van der Waals surface area (Å²) < 4.78 is 7.19. The van der Waals surface area contributed by atoms with Gasteiger partial charge in [0.25, 0.3) is 5.69 Å². The highest BCUT2D eigenvalue weighted by atomic mass is 79.9. The van der Waals surface area contributed by atoms with Crippen LogP contribution in [0.5, 0.6) is 0 Å². The Labute approximate surface area is 203 Å². The number of nitrogens with zero attached hydrogens (tertiary/aromatic N) is 3. The van der Waals surface area contributed by atoms with Crippen LogP contribution < -0.4 is 10.2 Å². The van der Waals surface area contributed by atoms with Crippen LogP contribution in [0.2, 0.25) is 0 Å². The van der Waals surface area contributed by atoms with Crippen molar-refractivity contribution in [3.63, 3.8) is 0 Å². The summed E-state index contributed by atoms with van der Waals surface area (Å²) in [6.07, 6.45) is 1.74. The average molecular weight is 521 g/mol. The molecule has 1 aliphatic rings. The number of rotatable bonds is 5.